The first-order chi connectivity index (χ1) is 17.1. The van der Waals surface area contributed by atoms with Crippen molar-refractivity contribution in [1.29, 1.82) is 0 Å². The summed E-state index contributed by atoms with van der Waals surface area (Å²) in [5.74, 6) is 1.39. The van der Waals surface area contributed by atoms with Crippen molar-refractivity contribution < 1.29 is 18.1 Å². The molecule has 0 aliphatic rings. The molecule has 4 nitrogen and oxygen atoms in total. The summed E-state index contributed by atoms with van der Waals surface area (Å²) in [6, 6.07) is 22.5. The third-order valence-corrected chi connectivity index (χ3v) is 6.53. The Labute approximate surface area is 209 Å². The molecule has 0 bridgehead atoms. The monoisotopic (exact) mass is 488 g/mol. The van der Waals surface area contributed by atoms with Crippen LogP contribution in [0.25, 0.3) is 0 Å². The molecule has 0 aliphatic carbocycles. The van der Waals surface area contributed by atoms with E-state index in [-0.39, 0.29) is 0 Å². The minimum absolute atomic E-state index is 0.464. The van der Waals surface area contributed by atoms with Gasteiger partial charge in [-0.1, -0.05) is 91.1 Å². The zero-order valence-electron chi connectivity index (χ0n) is 20.6. The molecule has 182 valence electrons. The quantitative estimate of drug-likeness (QED) is 0.189. The van der Waals surface area contributed by atoms with Gasteiger partial charge in [0.1, 0.15) is 17.2 Å². The Morgan fingerprint density at radius 1 is 0.543 bits per heavy atom. The van der Waals surface area contributed by atoms with Gasteiger partial charge in [0.2, 0.25) is 0 Å². The Bertz CT molecular complexity index is 1080. The van der Waals surface area contributed by atoms with E-state index in [0.29, 0.717) is 36.5 Å². The van der Waals surface area contributed by atoms with E-state index in [1.807, 2.05) is 112 Å². The van der Waals surface area contributed by atoms with Crippen molar-refractivity contribution in [2.45, 2.75) is 40.0 Å². The van der Waals surface area contributed by atoms with Crippen LogP contribution in [0.4, 0.5) is 0 Å². The van der Waals surface area contributed by atoms with Crippen molar-refractivity contribution in [2.75, 3.05) is 0 Å². The van der Waals surface area contributed by atoms with Gasteiger partial charge >= 0.3 is 7.82 Å². The lowest BCUT2D eigenvalue weighted by Crippen LogP contribution is -2.10. The molecule has 35 heavy (non-hydrogen) atoms. The maximum atomic E-state index is 14.3. The minimum Gasteiger partial charge on any atom is -0.386 e. The van der Waals surface area contributed by atoms with E-state index in [1.165, 1.54) is 0 Å². The maximum Gasteiger partial charge on any atom is 0.647 e. The summed E-state index contributed by atoms with van der Waals surface area (Å²) < 4.78 is 32.6. The Morgan fingerprint density at radius 3 is 1.11 bits per heavy atom. The molecule has 0 saturated heterocycles. The fourth-order valence-corrected chi connectivity index (χ4v) is 4.81. The van der Waals surface area contributed by atoms with Gasteiger partial charge in [-0.3, -0.25) is 0 Å². The van der Waals surface area contributed by atoms with E-state index < -0.39 is 7.82 Å². The van der Waals surface area contributed by atoms with E-state index in [9.17, 15) is 4.57 Å². The van der Waals surface area contributed by atoms with Crippen LogP contribution in [0.3, 0.4) is 0 Å². The van der Waals surface area contributed by atoms with Crippen molar-refractivity contribution in [3.8, 4) is 17.2 Å². The lowest BCUT2D eigenvalue weighted by Gasteiger charge is -2.22. The van der Waals surface area contributed by atoms with Crippen LogP contribution in [0.5, 0.6) is 17.2 Å². The maximum absolute atomic E-state index is 14.3. The molecule has 0 N–H and O–H groups in total. The molecule has 5 heteroatoms. The first kappa shape index (κ1) is 26.1. The fraction of sp³-hybridized carbons (Fsp3) is 0.200. The topological polar surface area (TPSA) is 44.8 Å². The van der Waals surface area contributed by atoms with E-state index in [4.69, 9.17) is 13.6 Å². The summed E-state index contributed by atoms with van der Waals surface area (Å²) in [5.41, 5.74) is 2.67. The standard InChI is InChI=1S/C30H33O4P/c1-4-7-16-25-19-10-13-22-28(25)32-35(31,33-29-23-14-11-20-26(29)17-8-5-2)34-30-24-15-12-21-27(30)18-9-6-3/h4-15,19-24H,16-18H2,1-3H3. The molecule has 0 atom stereocenters. The van der Waals surface area contributed by atoms with Crippen molar-refractivity contribution in [1.82, 2.24) is 0 Å². The summed E-state index contributed by atoms with van der Waals surface area (Å²) in [6.07, 6.45) is 13.9. The number of phosphoric ester groups is 1. The molecule has 3 rings (SSSR count). The highest BCUT2D eigenvalue weighted by molar-refractivity contribution is 7.49. The largest absolute Gasteiger partial charge is 0.647 e. The fourth-order valence-electron chi connectivity index (χ4n) is 3.44. The van der Waals surface area contributed by atoms with Gasteiger partial charge in [-0.15, -0.1) is 0 Å². The second-order valence-electron chi connectivity index (χ2n) is 7.86. The molecule has 0 spiro atoms. The average Bonchev–Trinajstić information content (AvgIpc) is 2.87. The van der Waals surface area contributed by atoms with Gasteiger partial charge in [0.05, 0.1) is 0 Å². The molecule has 0 heterocycles. The van der Waals surface area contributed by atoms with Crippen molar-refractivity contribution in [3.05, 3.63) is 126 Å². The Balaban J connectivity index is 2.03. The summed E-state index contributed by atoms with van der Waals surface area (Å²) in [5, 5.41) is 0. The molecule has 0 aromatic heterocycles. The van der Waals surface area contributed by atoms with E-state index >= 15 is 0 Å². The number of benzene rings is 3. The van der Waals surface area contributed by atoms with Crippen molar-refractivity contribution in [3.63, 3.8) is 0 Å². The molecule has 0 saturated carbocycles. The first-order valence-corrected chi connectivity index (χ1v) is 13.3. The normalized spacial score (nSPS) is 13.3. The highest BCUT2D eigenvalue weighted by Gasteiger charge is 2.35. The first-order valence-electron chi connectivity index (χ1n) is 11.8. The van der Waals surface area contributed by atoms with Gasteiger partial charge in [-0.05, 0) is 74.9 Å². The molecule has 0 unspecified atom stereocenters. The molecule has 0 amide bonds. The summed E-state index contributed by atoms with van der Waals surface area (Å²) in [4.78, 5) is 0. The van der Waals surface area contributed by atoms with Crippen LogP contribution in [0.1, 0.15) is 37.5 Å². The van der Waals surface area contributed by atoms with Gasteiger partial charge in [0, 0.05) is 0 Å². The number of rotatable bonds is 12. The van der Waals surface area contributed by atoms with Gasteiger partial charge in [0.25, 0.3) is 0 Å². The Hall–Kier alpha value is -3.49. The van der Waals surface area contributed by atoms with E-state index in [1.54, 1.807) is 18.2 Å². The highest BCUT2D eigenvalue weighted by atomic mass is 31.2. The molecule has 3 aromatic rings. The number of hydrogen-bond donors (Lipinski definition) is 0. The van der Waals surface area contributed by atoms with Gasteiger partial charge in [0.15, 0.2) is 0 Å². The van der Waals surface area contributed by atoms with Crippen LogP contribution in [-0.2, 0) is 23.8 Å². The van der Waals surface area contributed by atoms with Crippen LogP contribution in [0, 0.1) is 0 Å². The van der Waals surface area contributed by atoms with E-state index in [0.717, 1.165) is 16.7 Å². The Morgan fingerprint density at radius 2 is 0.829 bits per heavy atom. The number of hydrogen-bond acceptors (Lipinski definition) is 4. The van der Waals surface area contributed by atoms with Crippen molar-refractivity contribution in [2.24, 2.45) is 0 Å². The third-order valence-electron chi connectivity index (χ3n) is 5.27. The number of phosphoric acid groups is 1. The van der Waals surface area contributed by atoms with Gasteiger partial charge in [-0.25, -0.2) is 0 Å². The molecular formula is C30H33O4P. The third kappa shape index (κ3) is 7.77. The predicted octanol–water partition coefficient (Wildman–Crippen LogP) is 8.69. The highest BCUT2D eigenvalue weighted by Crippen LogP contribution is 2.51. The van der Waals surface area contributed by atoms with Crippen LogP contribution >= 0.6 is 7.82 Å². The smallest absolute Gasteiger partial charge is 0.386 e. The van der Waals surface area contributed by atoms with Crippen LogP contribution in [-0.4, -0.2) is 0 Å². The van der Waals surface area contributed by atoms with Crippen LogP contribution < -0.4 is 13.6 Å². The molecular weight excluding hydrogens is 455 g/mol. The zero-order valence-corrected chi connectivity index (χ0v) is 21.5. The summed E-state index contributed by atoms with van der Waals surface area (Å²) >= 11 is 0. The number of allylic oxidation sites excluding steroid dienone is 6. The molecule has 3 aromatic carbocycles. The van der Waals surface area contributed by atoms with Gasteiger partial charge < -0.3 is 13.6 Å². The zero-order chi connectivity index (χ0) is 24.9. The molecule has 0 radical (unpaired) electrons. The SMILES string of the molecule is CC=CCc1ccccc1OP(=O)(Oc1ccccc1CC=CC)Oc1ccccc1CC=CC. The minimum atomic E-state index is -4.13. The second-order valence-corrected chi connectivity index (χ2v) is 9.31. The molecule has 0 fully saturated rings. The van der Waals surface area contributed by atoms with E-state index in [2.05, 4.69) is 0 Å². The number of para-hydroxylation sites is 3. The van der Waals surface area contributed by atoms with Crippen molar-refractivity contribution >= 4 is 7.82 Å². The summed E-state index contributed by atoms with van der Waals surface area (Å²) in [6.45, 7) is 5.89. The van der Waals surface area contributed by atoms with Gasteiger partial charge in [-0.2, -0.15) is 4.57 Å². The lowest BCUT2D eigenvalue weighted by atomic mass is 10.1. The summed E-state index contributed by atoms with van der Waals surface area (Å²) in [7, 11) is -4.13. The predicted molar refractivity (Wildman–Crippen MR) is 144 cm³/mol. The average molecular weight is 489 g/mol. The second kappa shape index (κ2) is 13.4. The molecule has 0 aliphatic heterocycles. The Kier molecular flexibility index (Phi) is 10.0. The van der Waals surface area contributed by atoms with Crippen LogP contribution in [0.15, 0.2) is 109 Å². The lowest BCUT2D eigenvalue weighted by molar-refractivity contribution is 0.296. The van der Waals surface area contributed by atoms with Crippen LogP contribution in [0.2, 0.25) is 0 Å².